The first-order chi connectivity index (χ1) is 15.6. The largest absolute Gasteiger partial charge is 0.349 e. The fourth-order valence-electron chi connectivity index (χ4n) is 3.97. The number of likely N-dealkylation sites (tertiary alicyclic amines) is 1. The van der Waals surface area contributed by atoms with E-state index in [-0.39, 0.29) is 18.0 Å². The maximum Gasteiger partial charge on any atom is 0.319 e. The molecule has 0 bridgehead atoms. The Labute approximate surface area is 187 Å². The first-order valence-corrected chi connectivity index (χ1v) is 10.9. The lowest BCUT2D eigenvalue weighted by Crippen LogP contribution is -2.46. The Morgan fingerprint density at radius 2 is 1.94 bits per heavy atom. The van der Waals surface area contributed by atoms with E-state index in [2.05, 4.69) is 30.8 Å². The Kier molecular flexibility index (Phi) is 6.91. The zero-order valence-corrected chi connectivity index (χ0v) is 18.2. The molecule has 1 aliphatic rings. The molecule has 0 spiro atoms. The Balaban J connectivity index is 1.19. The SMILES string of the molecule is Cc1cc(NC(=O)NCCN2CCC(NC(=O)c3cccnc3)CC2)c2ccccc2n1. The lowest BCUT2D eigenvalue weighted by Gasteiger charge is -2.32. The lowest BCUT2D eigenvalue weighted by molar-refractivity contribution is 0.0911. The number of aromatic nitrogens is 2. The number of carbonyl (C=O) groups is 2. The number of nitrogens with one attached hydrogen (secondary N) is 3. The van der Waals surface area contributed by atoms with Crippen molar-refractivity contribution in [1.29, 1.82) is 0 Å². The monoisotopic (exact) mass is 432 g/mol. The number of rotatable bonds is 6. The molecule has 3 N–H and O–H groups in total. The maximum absolute atomic E-state index is 12.4. The summed E-state index contributed by atoms with van der Waals surface area (Å²) in [4.78, 5) is 35.5. The standard InChI is InChI=1S/C24H28N6O2/c1-17-15-22(20-6-2-3-7-21(20)27-17)29-24(32)26-11-14-30-12-8-19(9-13-30)28-23(31)18-5-4-10-25-16-18/h2-7,10,15-16,19H,8-9,11-14H2,1H3,(H,28,31)(H2,26,27,29,32). The van der Waals surface area contributed by atoms with Gasteiger partial charge < -0.3 is 20.9 Å². The van der Waals surface area contributed by atoms with Crippen molar-refractivity contribution in [3.8, 4) is 0 Å². The second kappa shape index (κ2) is 10.2. The topological polar surface area (TPSA) is 99.2 Å². The molecule has 0 aliphatic carbocycles. The van der Waals surface area contributed by atoms with Crippen LogP contribution in [0.1, 0.15) is 28.9 Å². The number of benzene rings is 1. The third-order valence-electron chi connectivity index (χ3n) is 5.65. The molecule has 3 amide bonds. The van der Waals surface area contributed by atoms with Crippen molar-refractivity contribution in [2.45, 2.75) is 25.8 Å². The summed E-state index contributed by atoms with van der Waals surface area (Å²) in [5.41, 5.74) is 3.07. The van der Waals surface area contributed by atoms with E-state index in [1.54, 1.807) is 24.5 Å². The molecule has 0 atom stereocenters. The number of piperidine rings is 1. The number of pyridine rings is 2. The highest BCUT2D eigenvalue weighted by Gasteiger charge is 2.21. The van der Waals surface area contributed by atoms with Gasteiger partial charge >= 0.3 is 6.03 Å². The van der Waals surface area contributed by atoms with E-state index in [0.29, 0.717) is 12.1 Å². The number of nitrogens with zero attached hydrogens (tertiary/aromatic N) is 3. The van der Waals surface area contributed by atoms with Crippen LogP contribution in [0.4, 0.5) is 10.5 Å². The number of carbonyl (C=O) groups excluding carboxylic acids is 2. The predicted octanol–water partition coefficient (Wildman–Crippen LogP) is 2.95. The van der Waals surface area contributed by atoms with Crippen LogP contribution in [0.25, 0.3) is 10.9 Å². The highest BCUT2D eigenvalue weighted by molar-refractivity contribution is 6.00. The Bertz CT molecular complexity index is 1080. The molecule has 1 aromatic carbocycles. The van der Waals surface area contributed by atoms with E-state index < -0.39 is 0 Å². The van der Waals surface area contributed by atoms with Crippen LogP contribution in [0.3, 0.4) is 0 Å². The Morgan fingerprint density at radius 3 is 2.72 bits per heavy atom. The van der Waals surface area contributed by atoms with Crippen molar-refractivity contribution in [1.82, 2.24) is 25.5 Å². The molecule has 0 unspecified atom stereocenters. The van der Waals surface area contributed by atoms with Crippen molar-refractivity contribution >= 4 is 28.5 Å². The summed E-state index contributed by atoms with van der Waals surface area (Å²) >= 11 is 0. The van der Waals surface area contributed by atoms with Gasteiger partial charge in [0, 0.05) is 55.7 Å². The van der Waals surface area contributed by atoms with Gasteiger partial charge in [0.25, 0.3) is 5.91 Å². The van der Waals surface area contributed by atoms with Crippen LogP contribution in [-0.2, 0) is 0 Å². The van der Waals surface area contributed by atoms with Crippen LogP contribution >= 0.6 is 0 Å². The molecule has 0 radical (unpaired) electrons. The van der Waals surface area contributed by atoms with E-state index in [1.807, 2.05) is 37.3 Å². The van der Waals surface area contributed by atoms with Gasteiger partial charge in [-0.15, -0.1) is 0 Å². The first kappa shape index (κ1) is 21.7. The molecule has 32 heavy (non-hydrogen) atoms. The quantitative estimate of drug-likeness (QED) is 0.556. The van der Waals surface area contributed by atoms with E-state index in [0.717, 1.165) is 54.8 Å². The second-order valence-electron chi connectivity index (χ2n) is 8.04. The van der Waals surface area contributed by atoms with Gasteiger partial charge in [0.2, 0.25) is 0 Å². The number of hydrogen-bond acceptors (Lipinski definition) is 5. The van der Waals surface area contributed by atoms with Crippen LogP contribution in [0.2, 0.25) is 0 Å². The van der Waals surface area contributed by atoms with Crippen molar-refractivity contribution in [2.24, 2.45) is 0 Å². The third-order valence-corrected chi connectivity index (χ3v) is 5.65. The molecule has 166 valence electrons. The lowest BCUT2D eigenvalue weighted by atomic mass is 10.0. The molecule has 1 aliphatic heterocycles. The summed E-state index contributed by atoms with van der Waals surface area (Å²) in [7, 11) is 0. The van der Waals surface area contributed by atoms with E-state index >= 15 is 0 Å². The normalized spacial score (nSPS) is 14.8. The summed E-state index contributed by atoms with van der Waals surface area (Å²) in [6, 6.07) is 13.1. The van der Waals surface area contributed by atoms with Gasteiger partial charge in [0.1, 0.15) is 0 Å². The number of hydrogen-bond donors (Lipinski definition) is 3. The van der Waals surface area contributed by atoms with Gasteiger partial charge in [-0.25, -0.2) is 4.79 Å². The third kappa shape index (κ3) is 5.59. The zero-order valence-electron chi connectivity index (χ0n) is 18.2. The van der Waals surface area contributed by atoms with Gasteiger partial charge in [0.05, 0.1) is 16.8 Å². The second-order valence-corrected chi connectivity index (χ2v) is 8.04. The van der Waals surface area contributed by atoms with Crippen molar-refractivity contribution in [3.05, 3.63) is 66.1 Å². The van der Waals surface area contributed by atoms with Gasteiger partial charge in [-0.3, -0.25) is 14.8 Å². The summed E-state index contributed by atoms with van der Waals surface area (Å²) in [5, 5.41) is 9.89. The number of anilines is 1. The minimum absolute atomic E-state index is 0.0752. The minimum atomic E-state index is -0.223. The van der Waals surface area contributed by atoms with Gasteiger partial charge in [0.15, 0.2) is 0 Å². The Hall–Kier alpha value is -3.52. The van der Waals surface area contributed by atoms with Gasteiger partial charge in [-0.1, -0.05) is 18.2 Å². The molecule has 1 saturated heterocycles. The molecule has 8 heteroatoms. The molecule has 3 aromatic rings. The van der Waals surface area contributed by atoms with E-state index in [9.17, 15) is 9.59 Å². The molecule has 8 nitrogen and oxygen atoms in total. The number of aryl methyl sites for hydroxylation is 1. The molecular weight excluding hydrogens is 404 g/mol. The van der Waals surface area contributed by atoms with Gasteiger partial charge in [-0.05, 0) is 44.0 Å². The smallest absolute Gasteiger partial charge is 0.319 e. The van der Waals surface area contributed by atoms with Gasteiger partial charge in [-0.2, -0.15) is 0 Å². The van der Waals surface area contributed by atoms with Crippen molar-refractivity contribution < 1.29 is 9.59 Å². The Morgan fingerprint density at radius 1 is 1.12 bits per heavy atom. The average Bonchev–Trinajstić information content (AvgIpc) is 2.80. The molecule has 3 heterocycles. The van der Waals surface area contributed by atoms with Crippen LogP contribution < -0.4 is 16.0 Å². The number of amides is 3. The summed E-state index contributed by atoms with van der Waals surface area (Å²) in [6.45, 7) is 5.01. The van der Waals surface area contributed by atoms with Crippen molar-refractivity contribution in [2.75, 3.05) is 31.5 Å². The van der Waals surface area contributed by atoms with Crippen molar-refractivity contribution in [3.63, 3.8) is 0 Å². The van der Waals surface area contributed by atoms with Crippen LogP contribution in [0.15, 0.2) is 54.9 Å². The first-order valence-electron chi connectivity index (χ1n) is 10.9. The molecule has 1 fully saturated rings. The minimum Gasteiger partial charge on any atom is -0.349 e. The average molecular weight is 433 g/mol. The summed E-state index contributed by atoms with van der Waals surface area (Å²) < 4.78 is 0. The van der Waals surface area contributed by atoms with E-state index in [4.69, 9.17) is 0 Å². The fraction of sp³-hybridized carbons (Fsp3) is 0.333. The van der Waals surface area contributed by atoms with Crippen LogP contribution in [-0.4, -0.2) is 59.0 Å². The molecular formula is C24H28N6O2. The molecule has 4 rings (SSSR count). The number of fused-ring (bicyclic) bond motifs is 1. The summed E-state index contributed by atoms with van der Waals surface area (Å²) in [5.74, 6) is -0.0752. The highest BCUT2D eigenvalue weighted by Crippen LogP contribution is 2.22. The maximum atomic E-state index is 12.4. The number of para-hydroxylation sites is 1. The molecule has 0 saturated carbocycles. The zero-order chi connectivity index (χ0) is 22.3. The van der Waals surface area contributed by atoms with Crippen LogP contribution in [0.5, 0.6) is 0 Å². The number of urea groups is 1. The fourth-order valence-corrected chi connectivity index (χ4v) is 3.97. The molecule has 2 aromatic heterocycles. The summed E-state index contributed by atoms with van der Waals surface area (Å²) in [6.07, 6.45) is 5.02. The van der Waals surface area contributed by atoms with Crippen LogP contribution in [0, 0.1) is 6.92 Å². The highest BCUT2D eigenvalue weighted by atomic mass is 16.2. The predicted molar refractivity (Wildman–Crippen MR) is 125 cm³/mol. The van der Waals surface area contributed by atoms with E-state index in [1.165, 1.54) is 0 Å².